The molecule has 0 bridgehead atoms. The molecule has 20 heavy (non-hydrogen) atoms. The van der Waals surface area contributed by atoms with Crippen molar-refractivity contribution in [1.82, 2.24) is 25.0 Å². The molecular weight excluding hydrogens is 276 g/mol. The topological polar surface area (TPSA) is 73.7 Å². The van der Waals surface area contributed by atoms with E-state index in [9.17, 15) is 0 Å². The minimum Gasteiger partial charge on any atom is -0.275 e. The van der Waals surface area contributed by atoms with Crippen LogP contribution in [0.2, 0.25) is 5.02 Å². The monoisotopic (exact) mass is 296 g/mol. The third-order valence-electron chi connectivity index (χ3n) is 3.51. The molecule has 3 N–H and O–H groups in total. The molecule has 2 rings (SSSR count). The standard InChI is InChI=1S/C13H21ClN6/c1-5-10-9(7-19(3)18-10)11(16-15)6-12-13(14)8(2)17-20(12)4/h7,11,16H,5-6,15H2,1-4H3. The van der Waals surface area contributed by atoms with E-state index in [0.29, 0.717) is 11.4 Å². The molecule has 2 aromatic heterocycles. The average Bonchev–Trinajstić information content (AvgIpc) is 2.89. The van der Waals surface area contributed by atoms with E-state index in [1.54, 1.807) is 0 Å². The average molecular weight is 297 g/mol. The first kappa shape index (κ1) is 15.0. The summed E-state index contributed by atoms with van der Waals surface area (Å²) in [6, 6.07) is -0.0362. The highest BCUT2D eigenvalue weighted by molar-refractivity contribution is 6.31. The summed E-state index contributed by atoms with van der Waals surface area (Å²) in [5.41, 5.74) is 6.82. The van der Waals surface area contributed by atoms with E-state index in [4.69, 9.17) is 17.4 Å². The Morgan fingerprint density at radius 3 is 2.60 bits per heavy atom. The molecule has 0 saturated carbocycles. The zero-order chi connectivity index (χ0) is 14.9. The normalized spacial score (nSPS) is 12.9. The van der Waals surface area contributed by atoms with Gasteiger partial charge < -0.3 is 0 Å². The number of hydrogen-bond acceptors (Lipinski definition) is 4. The van der Waals surface area contributed by atoms with E-state index in [2.05, 4.69) is 22.5 Å². The van der Waals surface area contributed by atoms with Crippen LogP contribution in [-0.4, -0.2) is 19.6 Å². The second-order valence-electron chi connectivity index (χ2n) is 4.95. The van der Waals surface area contributed by atoms with Crippen LogP contribution < -0.4 is 11.3 Å². The number of nitrogens with one attached hydrogen (secondary N) is 1. The quantitative estimate of drug-likeness (QED) is 0.646. The number of hydrazine groups is 1. The van der Waals surface area contributed by atoms with E-state index in [0.717, 1.165) is 29.1 Å². The van der Waals surface area contributed by atoms with Gasteiger partial charge in [-0.15, -0.1) is 0 Å². The Hall–Kier alpha value is -1.37. The Kier molecular flexibility index (Phi) is 4.47. The van der Waals surface area contributed by atoms with E-state index in [-0.39, 0.29) is 6.04 Å². The predicted octanol–water partition coefficient (Wildman–Crippen LogP) is 1.42. The van der Waals surface area contributed by atoms with E-state index in [1.165, 1.54) is 0 Å². The molecule has 1 atom stereocenters. The van der Waals surface area contributed by atoms with Crippen molar-refractivity contribution in [2.75, 3.05) is 0 Å². The molecule has 0 radical (unpaired) electrons. The van der Waals surface area contributed by atoms with E-state index >= 15 is 0 Å². The maximum atomic E-state index is 6.31. The molecule has 0 aliphatic heterocycles. The first-order valence-electron chi connectivity index (χ1n) is 6.64. The van der Waals surface area contributed by atoms with Crippen molar-refractivity contribution in [1.29, 1.82) is 0 Å². The molecular formula is C13H21ClN6. The van der Waals surface area contributed by atoms with E-state index in [1.807, 2.05) is 36.6 Å². The molecule has 1 unspecified atom stereocenters. The molecule has 0 aliphatic rings. The second kappa shape index (κ2) is 5.95. The third-order valence-corrected chi connectivity index (χ3v) is 4.00. The number of nitrogens with zero attached hydrogens (tertiary/aromatic N) is 4. The maximum Gasteiger partial charge on any atom is 0.0847 e. The van der Waals surface area contributed by atoms with Gasteiger partial charge in [-0.05, 0) is 13.3 Å². The number of aromatic nitrogens is 4. The second-order valence-corrected chi connectivity index (χ2v) is 5.33. The van der Waals surface area contributed by atoms with Crippen LogP contribution in [0.1, 0.15) is 35.6 Å². The van der Waals surface area contributed by atoms with Gasteiger partial charge >= 0.3 is 0 Å². The molecule has 0 aromatic carbocycles. The Balaban J connectivity index is 2.33. The smallest absolute Gasteiger partial charge is 0.0847 e. The van der Waals surface area contributed by atoms with Gasteiger partial charge in [0.15, 0.2) is 0 Å². The molecule has 2 heterocycles. The van der Waals surface area contributed by atoms with Gasteiger partial charge in [0, 0.05) is 32.3 Å². The van der Waals surface area contributed by atoms with Crippen molar-refractivity contribution in [2.24, 2.45) is 19.9 Å². The fourth-order valence-electron chi connectivity index (χ4n) is 2.47. The first-order chi connectivity index (χ1) is 9.47. The minimum atomic E-state index is -0.0362. The van der Waals surface area contributed by atoms with Gasteiger partial charge in [0.25, 0.3) is 0 Å². The number of hydrogen-bond donors (Lipinski definition) is 2. The van der Waals surface area contributed by atoms with Crippen molar-refractivity contribution in [3.05, 3.63) is 33.9 Å². The van der Waals surface area contributed by atoms with Crippen LogP contribution in [0.15, 0.2) is 6.20 Å². The first-order valence-corrected chi connectivity index (χ1v) is 7.02. The Morgan fingerprint density at radius 1 is 1.40 bits per heavy atom. The van der Waals surface area contributed by atoms with Crippen LogP contribution in [0, 0.1) is 6.92 Å². The van der Waals surface area contributed by atoms with Gasteiger partial charge in [-0.3, -0.25) is 20.6 Å². The zero-order valence-electron chi connectivity index (χ0n) is 12.3. The molecule has 110 valence electrons. The Morgan fingerprint density at radius 2 is 2.10 bits per heavy atom. The lowest BCUT2D eigenvalue weighted by molar-refractivity contribution is 0.526. The lowest BCUT2D eigenvalue weighted by Crippen LogP contribution is -2.30. The molecule has 0 spiro atoms. The highest BCUT2D eigenvalue weighted by Gasteiger charge is 2.21. The summed E-state index contributed by atoms with van der Waals surface area (Å²) >= 11 is 6.31. The fourth-order valence-corrected chi connectivity index (χ4v) is 2.71. The van der Waals surface area contributed by atoms with Gasteiger partial charge in [0.1, 0.15) is 0 Å². The number of halogens is 1. The van der Waals surface area contributed by atoms with Gasteiger partial charge in [-0.1, -0.05) is 18.5 Å². The van der Waals surface area contributed by atoms with Crippen molar-refractivity contribution in [3.8, 4) is 0 Å². The maximum absolute atomic E-state index is 6.31. The molecule has 0 saturated heterocycles. The van der Waals surface area contributed by atoms with Crippen LogP contribution in [-0.2, 0) is 26.9 Å². The highest BCUT2D eigenvalue weighted by Crippen LogP contribution is 2.26. The summed E-state index contributed by atoms with van der Waals surface area (Å²) in [5.74, 6) is 5.73. The van der Waals surface area contributed by atoms with Gasteiger partial charge in [0.2, 0.25) is 0 Å². The third kappa shape index (κ3) is 2.72. The summed E-state index contributed by atoms with van der Waals surface area (Å²) in [7, 11) is 3.81. The number of aryl methyl sites for hydroxylation is 4. The van der Waals surface area contributed by atoms with Gasteiger partial charge in [-0.2, -0.15) is 10.2 Å². The highest BCUT2D eigenvalue weighted by atomic mass is 35.5. The molecule has 2 aromatic rings. The SMILES string of the molecule is CCc1nn(C)cc1C(Cc1c(Cl)c(C)nn1C)NN. The van der Waals surface area contributed by atoms with Crippen LogP contribution in [0.5, 0.6) is 0 Å². The predicted molar refractivity (Wildman–Crippen MR) is 79.3 cm³/mol. The summed E-state index contributed by atoms with van der Waals surface area (Å²) in [6.07, 6.45) is 3.54. The van der Waals surface area contributed by atoms with Crippen LogP contribution in [0.25, 0.3) is 0 Å². The van der Waals surface area contributed by atoms with Crippen molar-refractivity contribution < 1.29 is 0 Å². The largest absolute Gasteiger partial charge is 0.275 e. The molecule has 0 aliphatic carbocycles. The number of nitrogens with two attached hydrogens (primary N) is 1. The molecule has 0 fully saturated rings. The Bertz CT molecular complexity index is 600. The fraction of sp³-hybridized carbons (Fsp3) is 0.538. The summed E-state index contributed by atoms with van der Waals surface area (Å²) < 4.78 is 3.62. The summed E-state index contributed by atoms with van der Waals surface area (Å²) in [4.78, 5) is 0. The van der Waals surface area contributed by atoms with Crippen molar-refractivity contribution in [3.63, 3.8) is 0 Å². The van der Waals surface area contributed by atoms with E-state index < -0.39 is 0 Å². The van der Waals surface area contributed by atoms with Crippen LogP contribution in [0.4, 0.5) is 0 Å². The minimum absolute atomic E-state index is 0.0362. The van der Waals surface area contributed by atoms with Crippen LogP contribution in [0.3, 0.4) is 0 Å². The molecule has 0 amide bonds. The zero-order valence-corrected chi connectivity index (χ0v) is 13.1. The van der Waals surface area contributed by atoms with Gasteiger partial charge in [0.05, 0.1) is 28.1 Å². The summed E-state index contributed by atoms with van der Waals surface area (Å²) in [6.45, 7) is 3.98. The van der Waals surface area contributed by atoms with Gasteiger partial charge in [-0.25, -0.2) is 0 Å². The molecule has 6 nitrogen and oxygen atoms in total. The van der Waals surface area contributed by atoms with Crippen molar-refractivity contribution >= 4 is 11.6 Å². The lowest BCUT2D eigenvalue weighted by atomic mass is 10.0. The lowest BCUT2D eigenvalue weighted by Gasteiger charge is -2.16. The van der Waals surface area contributed by atoms with Crippen molar-refractivity contribution in [2.45, 2.75) is 32.7 Å². The Labute approximate surface area is 123 Å². The number of rotatable bonds is 5. The van der Waals surface area contributed by atoms with Crippen LogP contribution >= 0.6 is 11.6 Å². The molecule has 7 heteroatoms. The summed E-state index contributed by atoms with van der Waals surface area (Å²) in [5, 5.41) is 9.49.